The Balaban J connectivity index is 0.000000559. The number of amides is 1. The molecule has 36 heavy (non-hydrogen) atoms. The van der Waals surface area contributed by atoms with Crippen molar-refractivity contribution in [3.63, 3.8) is 0 Å². The molecule has 1 fully saturated rings. The first-order chi connectivity index (χ1) is 17.3. The van der Waals surface area contributed by atoms with Gasteiger partial charge in [0.15, 0.2) is 0 Å². The molecule has 2 aromatic carbocycles. The number of aryl methyl sites for hydroxylation is 1. The maximum atomic E-state index is 11.9. The van der Waals surface area contributed by atoms with Gasteiger partial charge in [0.05, 0.1) is 0 Å². The summed E-state index contributed by atoms with van der Waals surface area (Å²) in [6.45, 7) is 11.7. The number of likely N-dealkylation sites (N-methyl/N-ethyl adjacent to an activating group) is 1. The zero-order valence-corrected chi connectivity index (χ0v) is 22.1. The third-order valence-electron chi connectivity index (χ3n) is 5.05. The van der Waals surface area contributed by atoms with Gasteiger partial charge in [-0.15, -0.1) is 0 Å². The molecule has 0 radical (unpaired) electrons. The van der Waals surface area contributed by atoms with Gasteiger partial charge in [0.1, 0.15) is 6.29 Å². The van der Waals surface area contributed by atoms with Crippen LogP contribution in [0, 0.1) is 12.8 Å². The maximum absolute atomic E-state index is 11.9. The molecule has 0 atom stereocenters. The summed E-state index contributed by atoms with van der Waals surface area (Å²) in [6.07, 6.45) is 10.9. The van der Waals surface area contributed by atoms with Crippen molar-refractivity contribution in [1.29, 1.82) is 0 Å². The number of ketones is 2. The smallest absolute Gasteiger partial charge is 0.244 e. The lowest BCUT2D eigenvalue weighted by Crippen LogP contribution is -2.15. The van der Waals surface area contributed by atoms with Crippen LogP contribution in [-0.2, 0) is 9.59 Å². The molecule has 0 bridgehead atoms. The molecule has 1 N–H and O–H groups in total. The Labute approximate surface area is 216 Å². The number of hydrogen-bond acceptors (Lipinski definition) is 4. The molecule has 5 heteroatoms. The lowest BCUT2D eigenvalue weighted by Gasteiger charge is -2.18. The Morgan fingerprint density at radius 3 is 1.81 bits per heavy atom. The Morgan fingerprint density at radius 2 is 1.42 bits per heavy atom. The first-order valence-corrected chi connectivity index (χ1v) is 12.2. The fourth-order valence-corrected chi connectivity index (χ4v) is 2.69. The zero-order chi connectivity index (χ0) is 27.3. The van der Waals surface area contributed by atoms with E-state index in [1.807, 2.05) is 39.0 Å². The third-order valence-corrected chi connectivity index (χ3v) is 5.05. The molecule has 0 saturated heterocycles. The molecule has 0 aliphatic heterocycles. The van der Waals surface area contributed by atoms with E-state index in [4.69, 9.17) is 0 Å². The summed E-state index contributed by atoms with van der Waals surface area (Å²) in [7, 11) is 1.50. The second kappa shape index (κ2) is 19.4. The van der Waals surface area contributed by atoms with Gasteiger partial charge in [-0.05, 0) is 12.8 Å². The van der Waals surface area contributed by atoms with Crippen LogP contribution in [0.25, 0.3) is 0 Å². The number of aldehydes is 1. The Bertz CT molecular complexity index is 1010. The van der Waals surface area contributed by atoms with Crippen molar-refractivity contribution in [3.05, 3.63) is 108 Å². The van der Waals surface area contributed by atoms with E-state index in [2.05, 4.69) is 18.8 Å². The molecule has 0 unspecified atom stereocenters. The SMILES string of the molecule is C=C/C=C\C(C=O)=C\C(=O)NC.CC.CC1CCC1.Cc1ccc(C(=O)C(=O)c2ccccc2)cc1. The van der Waals surface area contributed by atoms with Crippen molar-refractivity contribution >= 4 is 23.8 Å². The normalized spacial score (nSPS) is 12.2. The van der Waals surface area contributed by atoms with E-state index in [1.165, 1.54) is 44.5 Å². The summed E-state index contributed by atoms with van der Waals surface area (Å²) in [5, 5.41) is 2.37. The van der Waals surface area contributed by atoms with E-state index in [-0.39, 0.29) is 5.91 Å². The molecule has 0 heterocycles. The van der Waals surface area contributed by atoms with Gasteiger partial charge in [-0.1, -0.05) is 125 Å². The molecule has 1 amide bonds. The van der Waals surface area contributed by atoms with Gasteiger partial charge in [0.2, 0.25) is 17.5 Å². The van der Waals surface area contributed by atoms with Crippen molar-refractivity contribution in [2.75, 3.05) is 7.05 Å². The minimum atomic E-state index is -0.463. The van der Waals surface area contributed by atoms with Gasteiger partial charge in [-0.2, -0.15) is 0 Å². The standard InChI is InChI=1S/C15H12O2.C9H11NO2.C5H10.C2H6/c1-11-7-9-13(10-8-11)15(17)14(16)12-5-3-2-4-6-12;1-3-4-5-8(7-11)6-9(12)10-2;1-5-3-2-4-5;1-2/h2-10H,1H3;3-7H,1H2,2H3,(H,10,12);5H,2-4H2,1H3;1-2H3/b;5-4-,8-6-;;. The van der Waals surface area contributed by atoms with Crippen LogP contribution in [-0.4, -0.2) is 30.8 Å². The molecule has 1 saturated carbocycles. The molecule has 0 aromatic heterocycles. The highest BCUT2D eigenvalue weighted by Crippen LogP contribution is 2.24. The minimum Gasteiger partial charge on any atom is -0.356 e. The van der Waals surface area contributed by atoms with Crippen LogP contribution in [0.3, 0.4) is 0 Å². The fourth-order valence-electron chi connectivity index (χ4n) is 2.69. The van der Waals surface area contributed by atoms with Crippen molar-refractivity contribution in [1.82, 2.24) is 5.32 Å². The Kier molecular flexibility index (Phi) is 17.4. The van der Waals surface area contributed by atoms with Crippen molar-refractivity contribution in [3.8, 4) is 0 Å². The highest BCUT2D eigenvalue weighted by atomic mass is 16.2. The van der Waals surface area contributed by atoms with Crippen LogP contribution in [0.2, 0.25) is 0 Å². The van der Waals surface area contributed by atoms with Crippen molar-refractivity contribution in [2.45, 2.75) is 47.0 Å². The van der Waals surface area contributed by atoms with Crippen molar-refractivity contribution in [2.24, 2.45) is 5.92 Å². The average Bonchev–Trinajstić information content (AvgIpc) is 2.91. The number of carbonyl (C=O) groups excluding carboxylic acids is 4. The molecule has 5 nitrogen and oxygen atoms in total. The predicted molar refractivity (Wildman–Crippen MR) is 148 cm³/mol. The maximum Gasteiger partial charge on any atom is 0.244 e. The Hall–Kier alpha value is -3.86. The monoisotopic (exact) mass is 489 g/mol. The van der Waals surface area contributed by atoms with Gasteiger partial charge in [-0.25, -0.2) is 0 Å². The molecule has 0 spiro atoms. The fraction of sp³-hybridized carbons (Fsp3) is 0.290. The van der Waals surface area contributed by atoms with Crippen molar-refractivity contribution < 1.29 is 19.2 Å². The summed E-state index contributed by atoms with van der Waals surface area (Å²) in [5.74, 6) is -0.161. The van der Waals surface area contributed by atoms with Crippen LogP contribution in [0.1, 0.15) is 66.3 Å². The highest BCUT2D eigenvalue weighted by molar-refractivity contribution is 6.49. The second-order valence-electron chi connectivity index (χ2n) is 7.90. The van der Waals surface area contributed by atoms with Crippen LogP contribution >= 0.6 is 0 Å². The summed E-state index contributed by atoms with van der Waals surface area (Å²) in [4.78, 5) is 44.9. The van der Waals surface area contributed by atoms with E-state index in [9.17, 15) is 19.2 Å². The zero-order valence-electron chi connectivity index (χ0n) is 22.1. The van der Waals surface area contributed by atoms with E-state index < -0.39 is 11.6 Å². The molecule has 1 aliphatic carbocycles. The minimum absolute atomic E-state index is 0.300. The molecule has 3 rings (SSSR count). The van der Waals surface area contributed by atoms with Gasteiger partial charge >= 0.3 is 0 Å². The summed E-state index contributed by atoms with van der Waals surface area (Å²) in [6, 6.07) is 15.6. The van der Waals surface area contributed by atoms with Crippen LogP contribution in [0.5, 0.6) is 0 Å². The molecule has 192 valence electrons. The molecule has 2 aromatic rings. The largest absolute Gasteiger partial charge is 0.356 e. The first-order valence-electron chi connectivity index (χ1n) is 12.2. The van der Waals surface area contributed by atoms with Crippen LogP contribution in [0.15, 0.2) is 91.1 Å². The molecular weight excluding hydrogens is 450 g/mol. The van der Waals surface area contributed by atoms with E-state index in [1.54, 1.807) is 42.5 Å². The van der Waals surface area contributed by atoms with Gasteiger partial charge < -0.3 is 5.32 Å². The number of nitrogens with one attached hydrogen (secondary N) is 1. The number of Topliss-reactive ketones (excluding diaryl/α,β-unsaturated/α-hetero) is 2. The molecule has 1 aliphatic rings. The number of allylic oxidation sites excluding steroid dienone is 4. The van der Waals surface area contributed by atoms with Gasteiger partial charge in [0, 0.05) is 29.8 Å². The third kappa shape index (κ3) is 13.1. The number of carbonyl (C=O) groups is 4. The quantitative estimate of drug-likeness (QED) is 0.158. The lowest BCUT2D eigenvalue weighted by molar-refractivity contribution is -0.116. The van der Waals surface area contributed by atoms with E-state index in [0.29, 0.717) is 23.0 Å². The number of hydrogen-bond donors (Lipinski definition) is 1. The molecular formula is C31H39NO4. The van der Waals surface area contributed by atoms with Gasteiger partial charge in [-0.3, -0.25) is 19.2 Å². The second-order valence-corrected chi connectivity index (χ2v) is 7.90. The summed E-state index contributed by atoms with van der Waals surface area (Å²) in [5.41, 5.74) is 2.24. The van der Waals surface area contributed by atoms with E-state index >= 15 is 0 Å². The Morgan fingerprint density at radius 1 is 0.917 bits per heavy atom. The number of benzene rings is 2. The predicted octanol–water partition coefficient (Wildman–Crippen LogP) is 6.49. The lowest BCUT2D eigenvalue weighted by atomic mass is 9.88. The highest BCUT2D eigenvalue weighted by Gasteiger charge is 2.17. The first kappa shape index (κ1) is 32.1. The van der Waals surface area contributed by atoms with Gasteiger partial charge in [0.25, 0.3) is 0 Å². The number of rotatable bonds is 7. The van der Waals surface area contributed by atoms with Crippen LogP contribution < -0.4 is 5.32 Å². The summed E-state index contributed by atoms with van der Waals surface area (Å²) >= 11 is 0. The topological polar surface area (TPSA) is 80.3 Å². The summed E-state index contributed by atoms with van der Waals surface area (Å²) < 4.78 is 0. The average molecular weight is 490 g/mol. The van der Waals surface area contributed by atoms with E-state index in [0.717, 1.165) is 11.5 Å². The van der Waals surface area contributed by atoms with Crippen LogP contribution in [0.4, 0.5) is 0 Å².